The van der Waals surface area contributed by atoms with Crippen LogP contribution >= 0.6 is 0 Å². The lowest BCUT2D eigenvalue weighted by Gasteiger charge is -2.43. The van der Waals surface area contributed by atoms with E-state index in [-0.39, 0.29) is 32.0 Å². The van der Waals surface area contributed by atoms with Gasteiger partial charge in [-0.1, -0.05) is 66.7 Å². The highest BCUT2D eigenvalue weighted by Gasteiger charge is 2.46. The second kappa shape index (κ2) is 11.8. The van der Waals surface area contributed by atoms with Gasteiger partial charge in [-0.3, -0.25) is 9.78 Å². The number of pyridine rings is 1. The van der Waals surface area contributed by atoms with Gasteiger partial charge in [-0.15, -0.1) is 0 Å². The monoisotopic (exact) mass is 546 g/mol. The maximum Gasteiger partial charge on any atom is 0.471 e. The summed E-state index contributed by atoms with van der Waals surface area (Å²) in [5.74, 6) is -1.88. The van der Waals surface area contributed by atoms with E-state index in [4.69, 9.17) is 0 Å². The number of likely N-dealkylation sites (tertiary alicyclic amines) is 1. The number of halogens is 3. The van der Waals surface area contributed by atoms with Gasteiger partial charge in [0, 0.05) is 42.4 Å². The van der Waals surface area contributed by atoms with Crippen molar-refractivity contribution in [1.29, 1.82) is 0 Å². The van der Waals surface area contributed by atoms with Crippen LogP contribution in [0.5, 0.6) is 0 Å². The number of urea groups is 1. The van der Waals surface area contributed by atoms with Crippen LogP contribution in [-0.4, -0.2) is 51.5 Å². The SMILES string of the molecule is O=C(Nc1ccccc1)N1CCC(N(Cc2ccnc3ccccc23)C(=O)C(F)(F)F)CC1Cc1ccccc1. The Bertz CT molecular complexity index is 1460. The zero-order valence-electron chi connectivity index (χ0n) is 21.7. The summed E-state index contributed by atoms with van der Waals surface area (Å²) >= 11 is 0. The van der Waals surface area contributed by atoms with E-state index in [0.29, 0.717) is 28.6 Å². The number of benzene rings is 3. The van der Waals surface area contributed by atoms with Crippen LogP contribution in [0, 0.1) is 0 Å². The van der Waals surface area contributed by atoms with Gasteiger partial charge in [0.2, 0.25) is 0 Å². The number of aromatic nitrogens is 1. The summed E-state index contributed by atoms with van der Waals surface area (Å²) < 4.78 is 41.7. The van der Waals surface area contributed by atoms with Crippen LogP contribution in [0.4, 0.5) is 23.7 Å². The summed E-state index contributed by atoms with van der Waals surface area (Å²) in [4.78, 5) is 33.1. The Labute approximate surface area is 230 Å². The predicted octanol–water partition coefficient (Wildman–Crippen LogP) is 6.43. The normalized spacial score (nSPS) is 17.4. The minimum absolute atomic E-state index is 0.208. The van der Waals surface area contributed by atoms with E-state index in [1.807, 2.05) is 54.6 Å². The first-order valence-corrected chi connectivity index (χ1v) is 13.2. The number of rotatable bonds is 6. The number of amides is 3. The molecule has 2 atom stereocenters. The van der Waals surface area contributed by atoms with Crippen LogP contribution in [0.3, 0.4) is 0 Å². The van der Waals surface area contributed by atoms with Crippen molar-refractivity contribution in [3.63, 3.8) is 0 Å². The molecule has 1 aliphatic rings. The molecule has 0 radical (unpaired) electrons. The van der Waals surface area contributed by atoms with Crippen LogP contribution < -0.4 is 5.32 Å². The Balaban J connectivity index is 1.44. The number of carbonyl (C=O) groups excluding carboxylic acids is 2. The van der Waals surface area contributed by atoms with Crippen molar-refractivity contribution >= 4 is 28.5 Å². The largest absolute Gasteiger partial charge is 0.471 e. The van der Waals surface area contributed by atoms with E-state index >= 15 is 0 Å². The summed E-state index contributed by atoms with van der Waals surface area (Å²) in [5, 5.41) is 3.60. The Morgan fingerprint density at radius 2 is 1.60 bits per heavy atom. The van der Waals surface area contributed by atoms with E-state index in [9.17, 15) is 22.8 Å². The average molecular weight is 547 g/mol. The van der Waals surface area contributed by atoms with Gasteiger partial charge in [-0.05, 0) is 54.7 Å². The molecule has 206 valence electrons. The van der Waals surface area contributed by atoms with Crippen molar-refractivity contribution in [2.24, 2.45) is 0 Å². The van der Waals surface area contributed by atoms with Crippen LogP contribution in [0.1, 0.15) is 24.0 Å². The van der Waals surface area contributed by atoms with Crippen LogP contribution in [-0.2, 0) is 17.8 Å². The van der Waals surface area contributed by atoms with Gasteiger partial charge in [0.05, 0.1) is 5.52 Å². The minimum atomic E-state index is -5.03. The molecule has 3 aromatic carbocycles. The van der Waals surface area contributed by atoms with E-state index < -0.39 is 24.2 Å². The van der Waals surface area contributed by atoms with E-state index in [0.717, 1.165) is 10.5 Å². The standard InChI is InChI=1S/C31H29F3N4O2/c32-31(33,34)29(39)38(21-23-15-17-35-28-14-8-7-13-27(23)28)25-16-18-37(30(40)36-24-11-5-2-6-12-24)26(20-25)19-22-9-3-1-4-10-22/h1-15,17,25-26H,16,18-21H2,(H,36,40). The molecule has 0 bridgehead atoms. The van der Waals surface area contributed by atoms with Crippen molar-refractivity contribution in [1.82, 2.24) is 14.8 Å². The number of nitrogens with zero attached hydrogens (tertiary/aromatic N) is 3. The summed E-state index contributed by atoms with van der Waals surface area (Å²) in [5.41, 5.74) is 2.83. The van der Waals surface area contributed by atoms with Gasteiger partial charge in [0.1, 0.15) is 0 Å². The molecular formula is C31H29F3N4O2. The zero-order valence-corrected chi connectivity index (χ0v) is 21.7. The molecule has 1 aromatic heterocycles. The fraction of sp³-hybridized carbons (Fsp3) is 0.258. The fourth-order valence-corrected chi connectivity index (χ4v) is 5.38. The van der Waals surface area contributed by atoms with Crippen molar-refractivity contribution in [2.45, 2.75) is 44.1 Å². The molecule has 3 amide bonds. The number of carbonyl (C=O) groups is 2. The number of fused-ring (bicyclic) bond motifs is 1. The Hall–Kier alpha value is -4.40. The molecule has 5 rings (SSSR count). The fourth-order valence-electron chi connectivity index (χ4n) is 5.38. The lowest BCUT2D eigenvalue weighted by Crippen LogP contribution is -2.56. The Kier molecular flexibility index (Phi) is 8.00. The highest BCUT2D eigenvalue weighted by Crippen LogP contribution is 2.31. The molecular weight excluding hydrogens is 517 g/mol. The zero-order chi connectivity index (χ0) is 28.1. The molecule has 1 fully saturated rings. The summed E-state index contributed by atoms with van der Waals surface area (Å²) in [6.07, 6.45) is -2.60. The molecule has 9 heteroatoms. The topological polar surface area (TPSA) is 65.5 Å². The molecule has 1 N–H and O–H groups in total. The van der Waals surface area contributed by atoms with Crippen molar-refractivity contribution < 1.29 is 22.8 Å². The van der Waals surface area contributed by atoms with Gasteiger partial charge in [-0.2, -0.15) is 13.2 Å². The number of alkyl halides is 3. The van der Waals surface area contributed by atoms with Gasteiger partial charge >= 0.3 is 18.1 Å². The first kappa shape index (κ1) is 27.2. The molecule has 4 aromatic rings. The first-order valence-electron chi connectivity index (χ1n) is 13.2. The molecule has 2 heterocycles. The van der Waals surface area contributed by atoms with E-state index in [1.54, 1.807) is 47.5 Å². The molecule has 0 saturated carbocycles. The van der Waals surface area contributed by atoms with Gasteiger partial charge in [0.25, 0.3) is 0 Å². The first-order chi connectivity index (χ1) is 19.3. The van der Waals surface area contributed by atoms with Crippen molar-refractivity contribution in [3.8, 4) is 0 Å². The summed E-state index contributed by atoms with van der Waals surface area (Å²) in [6.45, 7) is -0.000123. The number of hydrogen-bond donors (Lipinski definition) is 1. The third-order valence-electron chi connectivity index (χ3n) is 7.31. The second-order valence-electron chi connectivity index (χ2n) is 9.93. The second-order valence-corrected chi connectivity index (χ2v) is 9.93. The molecule has 6 nitrogen and oxygen atoms in total. The Morgan fingerprint density at radius 1 is 0.925 bits per heavy atom. The highest BCUT2D eigenvalue weighted by molar-refractivity contribution is 5.89. The summed E-state index contributed by atoms with van der Waals surface area (Å²) in [6, 6.07) is 25.9. The van der Waals surface area contributed by atoms with Crippen molar-refractivity contribution in [3.05, 3.63) is 108 Å². The number of para-hydroxylation sites is 2. The number of piperidine rings is 1. The number of hydrogen-bond acceptors (Lipinski definition) is 3. The lowest BCUT2D eigenvalue weighted by atomic mass is 9.91. The predicted molar refractivity (Wildman–Crippen MR) is 147 cm³/mol. The van der Waals surface area contributed by atoms with Crippen molar-refractivity contribution in [2.75, 3.05) is 11.9 Å². The molecule has 40 heavy (non-hydrogen) atoms. The maximum absolute atomic E-state index is 13.9. The number of anilines is 1. The molecule has 1 aliphatic heterocycles. The van der Waals surface area contributed by atoms with E-state index in [1.165, 1.54) is 0 Å². The van der Waals surface area contributed by atoms with Gasteiger partial charge in [-0.25, -0.2) is 4.79 Å². The van der Waals surface area contributed by atoms with E-state index in [2.05, 4.69) is 10.3 Å². The quantitative estimate of drug-likeness (QED) is 0.303. The highest BCUT2D eigenvalue weighted by atomic mass is 19.4. The third-order valence-corrected chi connectivity index (χ3v) is 7.31. The van der Waals surface area contributed by atoms with Crippen LogP contribution in [0.15, 0.2) is 97.2 Å². The number of nitrogens with one attached hydrogen (secondary N) is 1. The lowest BCUT2D eigenvalue weighted by molar-refractivity contribution is -0.189. The minimum Gasteiger partial charge on any atom is -0.327 e. The van der Waals surface area contributed by atoms with Crippen LogP contribution in [0.25, 0.3) is 10.9 Å². The Morgan fingerprint density at radius 3 is 2.33 bits per heavy atom. The smallest absolute Gasteiger partial charge is 0.327 e. The van der Waals surface area contributed by atoms with Gasteiger partial charge in [0.15, 0.2) is 0 Å². The summed E-state index contributed by atoms with van der Waals surface area (Å²) in [7, 11) is 0. The van der Waals surface area contributed by atoms with Gasteiger partial charge < -0.3 is 15.1 Å². The van der Waals surface area contributed by atoms with Crippen LogP contribution in [0.2, 0.25) is 0 Å². The molecule has 0 spiro atoms. The molecule has 1 saturated heterocycles. The average Bonchev–Trinajstić information content (AvgIpc) is 2.96. The molecule has 2 unspecified atom stereocenters. The molecule has 0 aliphatic carbocycles. The maximum atomic E-state index is 13.9. The third kappa shape index (κ3) is 6.25.